The van der Waals surface area contributed by atoms with Crippen LogP contribution in [-0.4, -0.2) is 41.6 Å². The van der Waals surface area contributed by atoms with Crippen LogP contribution in [-0.2, 0) is 6.42 Å². The van der Waals surface area contributed by atoms with Crippen molar-refractivity contribution in [3.8, 4) is 11.8 Å². The van der Waals surface area contributed by atoms with E-state index in [1.54, 1.807) is 13.2 Å². The van der Waals surface area contributed by atoms with Gasteiger partial charge in [0.25, 0.3) is 0 Å². The number of ether oxygens (including phenoxy) is 1. The summed E-state index contributed by atoms with van der Waals surface area (Å²) >= 11 is 6.28. The number of nitrogen functional groups attached to an aromatic ring is 1. The van der Waals surface area contributed by atoms with Crippen molar-refractivity contribution >= 4 is 33.9 Å². The Morgan fingerprint density at radius 3 is 2.87 bits per heavy atom. The molecular formula is C22H22ClN5O2. The molecule has 0 unspecified atom stereocenters. The first-order valence-corrected chi connectivity index (χ1v) is 10.1. The number of fused-ring (bicyclic) bond motifs is 1. The molecule has 8 heteroatoms. The van der Waals surface area contributed by atoms with Crippen LogP contribution in [0.5, 0.6) is 5.75 Å². The van der Waals surface area contributed by atoms with E-state index in [1.165, 1.54) is 0 Å². The molecule has 2 heterocycles. The quantitative estimate of drug-likeness (QED) is 0.606. The van der Waals surface area contributed by atoms with E-state index in [0.29, 0.717) is 40.0 Å². The molecule has 3 N–H and O–H groups in total. The molecule has 0 spiro atoms. The number of hydrogen-bond acceptors (Lipinski definition) is 7. The van der Waals surface area contributed by atoms with Gasteiger partial charge in [0, 0.05) is 23.7 Å². The number of aromatic nitrogens is 2. The minimum atomic E-state index is 0.00520. The van der Waals surface area contributed by atoms with Crippen molar-refractivity contribution in [2.24, 2.45) is 0 Å². The van der Waals surface area contributed by atoms with Gasteiger partial charge in [-0.15, -0.1) is 5.10 Å². The molecule has 30 heavy (non-hydrogen) atoms. The number of methoxy groups -OCH3 is 1. The average molecular weight is 424 g/mol. The van der Waals surface area contributed by atoms with Gasteiger partial charge < -0.3 is 20.5 Å². The number of aliphatic hydroxyl groups excluding tert-OH is 1. The lowest BCUT2D eigenvalue weighted by molar-refractivity contribution is 0.266. The smallest absolute Gasteiger partial charge is 0.159 e. The molecule has 2 aromatic carbocycles. The van der Waals surface area contributed by atoms with E-state index in [-0.39, 0.29) is 12.6 Å². The van der Waals surface area contributed by atoms with Gasteiger partial charge in [0.2, 0.25) is 0 Å². The van der Waals surface area contributed by atoms with Gasteiger partial charge in [-0.05, 0) is 42.7 Å². The third kappa shape index (κ3) is 3.49. The lowest BCUT2D eigenvalue weighted by Gasteiger charge is -2.25. The number of benzene rings is 2. The van der Waals surface area contributed by atoms with Crippen molar-refractivity contribution in [1.29, 1.82) is 5.26 Å². The fourth-order valence-corrected chi connectivity index (χ4v) is 4.36. The van der Waals surface area contributed by atoms with E-state index in [9.17, 15) is 10.4 Å². The molecule has 0 bridgehead atoms. The van der Waals surface area contributed by atoms with Crippen molar-refractivity contribution in [3.63, 3.8) is 0 Å². The topological polar surface area (TPSA) is 108 Å². The number of halogens is 1. The van der Waals surface area contributed by atoms with Gasteiger partial charge in [-0.3, -0.25) is 0 Å². The Hall–Kier alpha value is -3.08. The SMILES string of the molecule is COc1ccc(Cc2nnc(N3CCC[C@H]3CO)c3ccc(C#N)c(N)c23)cc1Cl. The summed E-state index contributed by atoms with van der Waals surface area (Å²) in [4.78, 5) is 2.08. The van der Waals surface area contributed by atoms with Gasteiger partial charge in [0.15, 0.2) is 5.82 Å². The Bertz CT molecular complexity index is 1140. The predicted octanol–water partition coefficient (Wildman–Crippen LogP) is 3.30. The first kappa shape index (κ1) is 20.2. The van der Waals surface area contributed by atoms with Crippen LogP contribution in [0.25, 0.3) is 10.8 Å². The van der Waals surface area contributed by atoms with Crippen LogP contribution >= 0.6 is 11.6 Å². The summed E-state index contributed by atoms with van der Waals surface area (Å²) < 4.78 is 5.22. The summed E-state index contributed by atoms with van der Waals surface area (Å²) in [7, 11) is 1.57. The number of nitrogens with zero attached hydrogens (tertiary/aromatic N) is 4. The Balaban J connectivity index is 1.85. The molecule has 1 aromatic heterocycles. The average Bonchev–Trinajstić information content (AvgIpc) is 3.23. The summed E-state index contributed by atoms with van der Waals surface area (Å²) in [5.41, 5.74) is 8.78. The highest BCUT2D eigenvalue weighted by molar-refractivity contribution is 6.32. The van der Waals surface area contributed by atoms with Crippen LogP contribution in [0.15, 0.2) is 30.3 Å². The van der Waals surface area contributed by atoms with E-state index < -0.39 is 0 Å². The number of nitriles is 1. The lowest BCUT2D eigenvalue weighted by Crippen LogP contribution is -2.33. The number of anilines is 2. The summed E-state index contributed by atoms with van der Waals surface area (Å²) in [5.74, 6) is 1.29. The first-order chi connectivity index (χ1) is 14.6. The van der Waals surface area contributed by atoms with E-state index in [0.717, 1.165) is 35.7 Å². The molecule has 7 nitrogen and oxygen atoms in total. The van der Waals surface area contributed by atoms with Gasteiger partial charge in [0.05, 0.1) is 41.7 Å². The van der Waals surface area contributed by atoms with Crippen LogP contribution in [0.3, 0.4) is 0 Å². The number of hydrogen-bond donors (Lipinski definition) is 2. The normalized spacial score (nSPS) is 16.1. The molecule has 1 fully saturated rings. The zero-order valence-electron chi connectivity index (χ0n) is 16.6. The molecular weight excluding hydrogens is 402 g/mol. The molecule has 154 valence electrons. The molecule has 3 aromatic rings. The van der Waals surface area contributed by atoms with Crippen LogP contribution in [0, 0.1) is 11.3 Å². The monoisotopic (exact) mass is 423 g/mol. The first-order valence-electron chi connectivity index (χ1n) is 9.75. The predicted molar refractivity (Wildman–Crippen MR) is 117 cm³/mol. The van der Waals surface area contributed by atoms with Crippen molar-refractivity contribution in [1.82, 2.24) is 10.2 Å². The Morgan fingerprint density at radius 1 is 1.33 bits per heavy atom. The third-order valence-electron chi connectivity index (χ3n) is 5.61. The van der Waals surface area contributed by atoms with Crippen LogP contribution < -0.4 is 15.4 Å². The molecule has 0 aliphatic carbocycles. The van der Waals surface area contributed by atoms with Gasteiger partial charge in [-0.1, -0.05) is 17.7 Å². The highest BCUT2D eigenvalue weighted by Gasteiger charge is 2.28. The second-order valence-corrected chi connectivity index (χ2v) is 7.76. The fraction of sp³-hybridized carbons (Fsp3) is 0.318. The van der Waals surface area contributed by atoms with Crippen LogP contribution in [0.2, 0.25) is 5.02 Å². The maximum absolute atomic E-state index is 9.74. The van der Waals surface area contributed by atoms with E-state index in [2.05, 4.69) is 21.2 Å². The van der Waals surface area contributed by atoms with Crippen molar-refractivity contribution < 1.29 is 9.84 Å². The lowest BCUT2D eigenvalue weighted by atomic mass is 10.00. The molecule has 0 saturated carbocycles. The summed E-state index contributed by atoms with van der Waals surface area (Å²) in [6.45, 7) is 0.851. The Labute approximate surface area is 179 Å². The van der Waals surface area contributed by atoms with Gasteiger partial charge in [0.1, 0.15) is 11.8 Å². The van der Waals surface area contributed by atoms with Gasteiger partial charge in [-0.2, -0.15) is 10.4 Å². The minimum Gasteiger partial charge on any atom is -0.495 e. The highest BCUT2D eigenvalue weighted by atomic mass is 35.5. The van der Waals surface area contributed by atoms with E-state index in [4.69, 9.17) is 22.1 Å². The van der Waals surface area contributed by atoms with E-state index in [1.807, 2.05) is 24.3 Å². The largest absolute Gasteiger partial charge is 0.495 e. The van der Waals surface area contributed by atoms with E-state index >= 15 is 0 Å². The van der Waals surface area contributed by atoms with Crippen molar-refractivity contribution in [2.75, 3.05) is 30.9 Å². The second kappa shape index (κ2) is 8.34. The Morgan fingerprint density at radius 2 is 2.17 bits per heavy atom. The maximum Gasteiger partial charge on any atom is 0.159 e. The fourth-order valence-electron chi connectivity index (χ4n) is 4.08. The summed E-state index contributed by atoms with van der Waals surface area (Å²) in [6.07, 6.45) is 2.33. The van der Waals surface area contributed by atoms with Gasteiger partial charge in [-0.25, -0.2) is 0 Å². The molecule has 4 rings (SSSR count). The Kier molecular flexibility index (Phi) is 5.62. The summed E-state index contributed by atoms with van der Waals surface area (Å²) in [6, 6.07) is 11.3. The second-order valence-electron chi connectivity index (χ2n) is 7.35. The van der Waals surface area contributed by atoms with Crippen molar-refractivity contribution in [3.05, 3.63) is 52.2 Å². The summed E-state index contributed by atoms with van der Waals surface area (Å²) in [5, 5.41) is 30.3. The zero-order valence-corrected chi connectivity index (χ0v) is 17.4. The third-order valence-corrected chi connectivity index (χ3v) is 5.90. The molecule has 0 amide bonds. The molecule has 1 aliphatic heterocycles. The standard InChI is InChI=1S/C22H22ClN5O2/c1-30-19-7-4-13(9-17(19)23)10-18-20-16(6-5-14(11-24)21(20)25)22(27-26-18)28-8-2-3-15(28)12-29/h4-7,9,15,29H,2-3,8,10,12,25H2,1H3/t15-/m0/s1. The maximum atomic E-state index is 9.74. The van der Waals surface area contributed by atoms with Crippen LogP contribution in [0.4, 0.5) is 11.5 Å². The van der Waals surface area contributed by atoms with Crippen molar-refractivity contribution in [2.45, 2.75) is 25.3 Å². The molecule has 0 radical (unpaired) electrons. The van der Waals surface area contributed by atoms with Gasteiger partial charge >= 0.3 is 0 Å². The number of nitrogens with two attached hydrogens (primary N) is 1. The molecule has 1 atom stereocenters. The highest BCUT2D eigenvalue weighted by Crippen LogP contribution is 2.36. The molecule has 1 saturated heterocycles. The number of rotatable bonds is 5. The van der Waals surface area contributed by atoms with Crippen LogP contribution in [0.1, 0.15) is 29.7 Å². The number of aliphatic hydroxyl groups is 1. The molecule has 1 aliphatic rings. The zero-order chi connectivity index (χ0) is 21.3. The minimum absolute atomic E-state index is 0.00520.